The van der Waals surface area contributed by atoms with Crippen LogP contribution < -0.4 is 0 Å². The predicted octanol–water partition coefficient (Wildman–Crippen LogP) is 6.39. The van der Waals surface area contributed by atoms with Crippen molar-refractivity contribution in [1.29, 1.82) is 0 Å². The Morgan fingerprint density at radius 2 is 1.83 bits per heavy atom. The number of carbonyl (C=O) groups excluding carboxylic acids is 2. The van der Waals surface area contributed by atoms with E-state index >= 15 is 0 Å². The number of fused-ring (bicyclic) bond motifs is 1. The Balaban J connectivity index is 1.65. The first-order valence-electron chi connectivity index (χ1n) is 13.7. The first-order valence-corrected chi connectivity index (χ1v) is 14.1. The molecule has 1 atom stereocenters. The number of carboxylic acid groups (broad SMARTS) is 1. The first kappa shape index (κ1) is 30.5. The number of pyridine rings is 1. The molecule has 8 nitrogen and oxygen atoms in total. The number of aliphatic carboxylic acids is 1. The van der Waals surface area contributed by atoms with Crippen LogP contribution in [0.25, 0.3) is 22.4 Å². The summed E-state index contributed by atoms with van der Waals surface area (Å²) < 4.78 is 20.4. The lowest BCUT2D eigenvalue weighted by molar-refractivity contribution is -0.148. The van der Waals surface area contributed by atoms with Crippen LogP contribution in [0.4, 0.5) is 4.39 Å². The Kier molecular flexibility index (Phi) is 8.24. The van der Waals surface area contributed by atoms with Gasteiger partial charge < -0.3 is 19.3 Å². The highest BCUT2D eigenvalue weighted by Crippen LogP contribution is 2.36. The number of hydrogen-bond donors (Lipinski definition) is 1. The Morgan fingerprint density at radius 1 is 1.15 bits per heavy atom. The minimum absolute atomic E-state index is 0.0214. The van der Waals surface area contributed by atoms with Crippen molar-refractivity contribution >= 4 is 40.5 Å². The lowest BCUT2D eigenvalue weighted by Crippen LogP contribution is -2.62. The molecule has 41 heavy (non-hydrogen) atoms. The molecule has 0 radical (unpaired) electrons. The van der Waals surface area contributed by atoms with E-state index in [1.165, 1.54) is 12.1 Å². The Morgan fingerprint density at radius 3 is 2.39 bits per heavy atom. The maximum atomic E-state index is 14.2. The molecule has 1 fully saturated rings. The fraction of sp³-hybridized carbons (Fsp3) is 0.484. The van der Waals surface area contributed by atoms with Gasteiger partial charge in [0.1, 0.15) is 11.3 Å². The number of carboxylic acids is 1. The first-order chi connectivity index (χ1) is 19.0. The average molecular weight is 586 g/mol. The van der Waals surface area contributed by atoms with Gasteiger partial charge >= 0.3 is 5.97 Å². The summed E-state index contributed by atoms with van der Waals surface area (Å²) in [4.78, 5) is 46.4. The van der Waals surface area contributed by atoms with Crippen LogP contribution in [0.3, 0.4) is 0 Å². The Hall–Kier alpha value is -3.46. The van der Waals surface area contributed by atoms with Gasteiger partial charge in [-0.3, -0.25) is 14.4 Å². The van der Waals surface area contributed by atoms with Crippen molar-refractivity contribution < 1.29 is 28.3 Å². The number of nitrogens with zero attached hydrogens (tertiary/aromatic N) is 3. The standard InChI is InChI=1S/C31H37ClFN3O5/c1-17(2)19(13-26(37)38)28(39)35-10-11-36(31(6,7)16-35)29(40)25-15-24-27(41-25)20(30(3,4)5)14-23(34-24)18-8-9-21(32)22(33)12-18/h8-9,12,14-15,17,19H,10-11,13,16H2,1-7H3,(H,37,38)/t19-/m1/s1. The minimum atomic E-state index is -1.01. The van der Waals surface area contributed by atoms with Gasteiger partial charge in [-0.1, -0.05) is 52.3 Å². The number of carbonyl (C=O) groups is 3. The molecule has 10 heteroatoms. The SMILES string of the molecule is CC(C)[C@@H](CC(=O)O)C(=O)N1CCN(C(=O)c2cc3nc(-c4ccc(Cl)c(F)c4)cc(C(C)(C)C)c3o2)C(C)(C)C1. The monoisotopic (exact) mass is 585 g/mol. The van der Waals surface area contributed by atoms with Gasteiger partial charge in [-0.05, 0) is 43.4 Å². The van der Waals surface area contributed by atoms with E-state index < -0.39 is 23.2 Å². The molecule has 0 bridgehead atoms. The van der Waals surface area contributed by atoms with E-state index in [1.807, 2.05) is 54.5 Å². The van der Waals surface area contributed by atoms with Crippen LogP contribution >= 0.6 is 11.6 Å². The molecule has 2 amide bonds. The highest BCUT2D eigenvalue weighted by atomic mass is 35.5. The zero-order valence-corrected chi connectivity index (χ0v) is 25.3. The van der Waals surface area contributed by atoms with Gasteiger partial charge in [-0.25, -0.2) is 9.37 Å². The number of hydrogen-bond acceptors (Lipinski definition) is 5. The molecule has 4 rings (SSSR count). The molecule has 3 heterocycles. The molecule has 1 aliphatic rings. The maximum absolute atomic E-state index is 14.2. The van der Waals surface area contributed by atoms with E-state index in [2.05, 4.69) is 0 Å². The summed E-state index contributed by atoms with van der Waals surface area (Å²) in [6.45, 7) is 14.3. The van der Waals surface area contributed by atoms with Gasteiger partial charge in [-0.15, -0.1) is 0 Å². The fourth-order valence-electron chi connectivity index (χ4n) is 5.37. The van der Waals surface area contributed by atoms with Gasteiger partial charge in [0.25, 0.3) is 5.91 Å². The predicted molar refractivity (Wildman–Crippen MR) is 155 cm³/mol. The summed E-state index contributed by atoms with van der Waals surface area (Å²) in [7, 11) is 0. The number of furan rings is 1. The topological polar surface area (TPSA) is 104 Å². The Bertz CT molecular complexity index is 1510. The molecule has 1 saturated heterocycles. The van der Waals surface area contributed by atoms with Crippen LogP contribution in [-0.4, -0.2) is 62.8 Å². The van der Waals surface area contributed by atoms with Gasteiger partial charge in [0, 0.05) is 36.8 Å². The number of aromatic nitrogens is 1. The summed E-state index contributed by atoms with van der Waals surface area (Å²) in [5.41, 5.74) is 1.77. The molecule has 220 valence electrons. The summed E-state index contributed by atoms with van der Waals surface area (Å²) in [6, 6.07) is 7.97. The Labute approximate surface area is 244 Å². The van der Waals surface area contributed by atoms with E-state index in [1.54, 1.807) is 21.9 Å². The second kappa shape index (κ2) is 11.1. The number of benzene rings is 1. The quantitative estimate of drug-likeness (QED) is 0.359. The van der Waals surface area contributed by atoms with E-state index in [0.29, 0.717) is 22.4 Å². The van der Waals surface area contributed by atoms with Crippen molar-refractivity contribution in [2.45, 2.75) is 65.8 Å². The highest BCUT2D eigenvalue weighted by Gasteiger charge is 2.42. The maximum Gasteiger partial charge on any atom is 0.304 e. The van der Waals surface area contributed by atoms with Crippen LogP contribution in [0, 0.1) is 17.7 Å². The smallest absolute Gasteiger partial charge is 0.304 e. The molecule has 2 aromatic heterocycles. The number of amides is 2. The second-order valence-electron chi connectivity index (χ2n) is 12.7. The van der Waals surface area contributed by atoms with Gasteiger partial charge in [0.05, 0.1) is 28.6 Å². The largest absolute Gasteiger partial charge is 0.481 e. The van der Waals surface area contributed by atoms with Gasteiger partial charge in [-0.2, -0.15) is 0 Å². The third-order valence-corrected chi connectivity index (χ3v) is 8.00. The normalized spacial score (nSPS) is 16.3. The molecule has 3 aromatic rings. The van der Waals surface area contributed by atoms with Crippen molar-refractivity contribution in [3.63, 3.8) is 0 Å². The van der Waals surface area contributed by atoms with Crippen molar-refractivity contribution in [2.24, 2.45) is 11.8 Å². The minimum Gasteiger partial charge on any atom is -0.481 e. The van der Waals surface area contributed by atoms with Crippen LogP contribution in [0.15, 0.2) is 34.7 Å². The average Bonchev–Trinajstić information content (AvgIpc) is 3.30. The molecule has 0 unspecified atom stereocenters. The molecule has 1 aliphatic heterocycles. The molecule has 0 aliphatic carbocycles. The van der Waals surface area contributed by atoms with Crippen LogP contribution in [-0.2, 0) is 15.0 Å². The van der Waals surface area contributed by atoms with Crippen molar-refractivity contribution in [1.82, 2.24) is 14.8 Å². The van der Waals surface area contributed by atoms with Gasteiger partial charge in [0.15, 0.2) is 11.3 Å². The van der Waals surface area contributed by atoms with E-state index in [4.69, 9.17) is 21.0 Å². The zero-order valence-electron chi connectivity index (χ0n) is 24.5. The molecule has 1 N–H and O–H groups in total. The lowest BCUT2D eigenvalue weighted by atomic mass is 9.86. The second-order valence-corrected chi connectivity index (χ2v) is 13.1. The van der Waals surface area contributed by atoms with Crippen molar-refractivity contribution in [2.75, 3.05) is 19.6 Å². The summed E-state index contributed by atoms with van der Waals surface area (Å²) in [5, 5.41) is 9.32. The number of rotatable bonds is 6. The molecule has 0 spiro atoms. The van der Waals surface area contributed by atoms with Crippen LogP contribution in [0.5, 0.6) is 0 Å². The van der Waals surface area contributed by atoms with Crippen LogP contribution in [0.2, 0.25) is 5.02 Å². The van der Waals surface area contributed by atoms with Crippen molar-refractivity contribution in [3.05, 3.63) is 52.5 Å². The molecule has 0 saturated carbocycles. The molecular weight excluding hydrogens is 549 g/mol. The molecule has 1 aromatic carbocycles. The van der Waals surface area contributed by atoms with Crippen LogP contribution in [0.1, 0.15) is 71.0 Å². The lowest BCUT2D eigenvalue weighted by Gasteiger charge is -2.47. The van der Waals surface area contributed by atoms with Crippen molar-refractivity contribution in [3.8, 4) is 11.3 Å². The highest BCUT2D eigenvalue weighted by molar-refractivity contribution is 6.30. The fourth-order valence-corrected chi connectivity index (χ4v) is 5.49. The zero-order chi connectivity index (χ0) is 30.4. The third kappa shape index (κ3) is 6.25. The van der Waals surface area contributed by atoms with E-state index in [0.717, 1.165) is 5.56 Å². The summed E-state index contributed by atoms with van der Waals surface area (Å²) in [5.74, 6) is -2.74. The third-order valence-electron chi connectivity index (χ3n) is 7.69. The van der Waals surface area contributed by atoms with Gasteiger partial charge in [0.2, 0.25) is 5.91 Å². The summed E-state index contributed by atoms with van der Waals surface area (Å²) >= 11 is 5.88. The van der Waals surface area contributed by atoms with E-state index in [-0.39, 0.29) is 60.0 Å². The molecular formula is C31H37ClFN3O5. The number of piperazine rings is 1. The number of halogens is 2. The van der Waals surface area contributed by atoms with E-state index in [9.17, 15) is 23.9 Å². The summed E-state index contributed by atoms with van der Waals surface area (Å²) in [6.07, 6.45) is -0.233.